The van der Waals surface area contributed by atoms with Crippen LogP contribution in [-0.4, -0.2) is 52.9 Å². The van der Waals surface area contributed by atoms with Gasteiger partial charge in [-0.15, -0.1) is 0 Å². The van der Waals surface area contributed by atoms with Gasteiger partial charge in [-0.2, -0.15) is 4.31 Å². The largest absolute Gasteiger partial charge is 0.325 e. The zero-order valence-corrected chi connectivity index (χ0v) is 22.0. The third-order valence-electron chi connectivity index (χ3n) is 5.91. The Morgan fingerprint density at radius 3 is 2.36 bits per heavy atom. The van der Waals surface area contributed by atoms with E-state index in [2.05, 4.69) is 5.32 Å². The summed E-state index contributed by atoms with van der Waals surface area (Å²) >= 11 is 5.90. The SMILES string of the molecule is CS(=O)(=O)N(CCc1ccccc1)CC(=O)Nc1ccc2c(c1)N(S(=O)(=O)c1ccc(Cl)cc1)CC2. The molecule has 0 aromatic heterocycles. The summed E-state index contributed by atoms with van der Waals surface area (Å²) < 4.78 is 53.4. The number of nitrogens with zero attached hydrogens (tertiary/aromatic N) is 2. The molecule has 1 N–H and O–H groups in total. The van der Waals surface area contributed by atoms with Crippen molar-refractivity contribution in [1.29, 1.82) is 0 Å². The number of hydrogen-bond acceptors (Lipinski definition) is 5. The predicted molar refractivity (Wildman–Crippen MR) is 141 cm³/mol. The minimum atomic E-state index is -3.81. The number of anilines is 2. The lowest BCUT2D eigenvalue weighted by molar-refractivity contribution is -0.116. The fourth-order valence-electron chi connectivity index (χ4n) is 4.03. The van der Waals surface area contributed by atoms with E-state index in [0.29, 0.717) is 29.2 Å². The highest BCUT2D eigenvalue weighted by Crippen LogP contribution is 2.35. The highest BCUT2D eigenvalue weighted by atomic mass is 35.5. The number of fused-ring (bicyclic) bond motifs is 1. The molecule has 1 aliphatic rings. The summed E-state index contributed by atoms with van der Waals surface area (Å²) in [6.07, 6.45) is 2.08. The van der Waals surface area contributed by atoms with Crippen LogP contribution in [0.5, 0.6) is 0 Å². The highest BCUT2D eigenvalue weighted by Gasteiger charge is 2.31. The Morgan fingerprint density at radius 2 is 1.69 bits per heavy atom. The molecule has 190 valence electrons. The third-order valence-corrected chi connectivity index (χ3v) is 9.23. The highest BCUT2D eigenvalue weighted by molar-refractivity contribution is 7.92. The molecule has 1 heterocycles. The topological polar surface area (TPSA) is 104 Å². The van der Waals surface area contributed by atoms with Gasteiger partial charge >= 0.3 is 0 Å². The van der Waals surface area contributed by atoms with Crippen LogP contribution in [0.15, 0.2) is 77.7 Å². The summed E-state index contributed by atoms with van der Waals surface area (Å²) in [4.78, 5) is 12.9. The molecule has 0 saturated heterocycles. The first-order chi connectivity index (χ1) is 17.0. The van der Waals surface area contributed by atoms with Crippen LogP contribution in [0.1, 0.15) is 11.1 Å². The molecule has 0 atom stereocenters. The second kappa shape index (κ2) is 10.6. The zero-order valence-electron chi connectivity index (χ0n) is 19.6. The number of nitrogens with one attached hydrogen (secondary N) is 1. The second-order valence-corrected chi connectivity index (χ2v) is 12.8. The Bertz CT molecular complexity index is 1460. The van der Waals surface area contributed by atoms with Gasteiger partial charge in [0.2, 0.25) is 15.9 Å². The van der Waals surface area contributed by atoms with E-state index in [-0.39, 0.29) is 24.5 Å². The van der Waals surface area contributed by atoms with Gasteiger partial charge in [0.25, 0.3) is 10.0 Å². The van der Waals surface area contributed by atoms with Gasteiger partial charge in [-0.1, -0.05) is 48.0 Å². The first-order valence-electron chi connectivity index (χ1n) is 11.2. The molecule has 11 heteroatoms. The standard InChI is InChI=1S/C25H26ClN3O5S2/c1-35(31,32)28(15-13-19-5-3-2-4-6-19)18-25(30)27-22-10-7-20-14-16-29(24(20)17-22)36(33,34)23-11-8-21(26)9-12-23/h2-12,17H,13-16,18H2,1H3,(H,27,30). The first-order valence-corrected chi connectivity index (χ1v) is 14.9. The van der Waals surface area contributed by atoms with Gasteiger partial charge in [0.1, 0.15) is 0 Å². The van der Waals surface area contributed by atoms with Crippen molar-refractivity contribution in [2.24, 2.45) is 0 Å². The van der Waals surface area contributed by atoms with Gasteiger partial charge in [-0.05, 0) is 60.4 Å². The van der Waals surface area contributed by atoms with Gasteiger partial charge in [0.15, 0.2) is 0 Å². The average molecular weight is 548 g/mol. The second-order valence-electron chi connectivity index (χ2n) is 8.50. The van der Waals surface area contributed by atoms with Gasteiger partial charge in [0, 0.05) is 23.8 Å². The van der Waals surface area contributed by atoms with Crippen LogP contribution in [0.25, 0.3) is 0 Å². The Balaban J connectivity index is 1.48. The van der Waals surface area contributed by atoms with E-state index in [9.17, 15) is 21.6 Å². The summed E-state index contributed by atoms with van der Waals surface area (Å²) in [6.45, 7) is 0.0855. The van der Waals surface area contributed by atoms with Crippen molar-refractivity contribution in [1.82, 2.24) is 4.31 Å². The Hall–Kier alpha value is -2.92. The maximum atomic E-state index is 13.2. The summed E-state index contributed by atoms with van der Waals surface area (Å²) in [5.41, 5.74) is 2.67. The van der Waals surface area contributed by atoms with Gasteiger partial charge in [-0.25, -0.2) is 16.8 Å². The van der Waals surface area contributed by atoms with E-state index in [1.54, 1.807) is 18.2 Å². The van der Waals surface area contributed by atoms with Gasteiger partial charge < -0.3 is 5.32 Å². The van der Waals surface area contributed by atoms with Crippen molar-refractivity contribution >= 4 is 48.9 Å². The summed E-state index contributed by atoms with van der Waals surface area (Å²) in [7, 11) is -7.43. The molecule has 0 aliphatic carbocycles. The van der Waals surface area contributed by atoms with Crippen LogP contribution in [0.3, 0.4) is 0 Å². The number of sulfonamides is 2. The normalized spacial score (nSPS) is 13.6. The molecule has 36 heavy (non-hydrogen) atoms. The molecule has 3 aromatic carbocycles. The number of halogens is 1. The molecule has 4 rings (SSSR count). The van der Waals surface area contributed by atoms with E-state index in [0.717, 1.165) is 21.7 Å². The van der Waals surface area contributed by atoms with Gasteiger partial charge in [0.05, 0.1) is 23.4 Å². The van der Waals surface area contributed by atoms with E-state index in [4.69, 9.17) is 11.6 Å². The maximum Gasteiger partial charge on any atom is 0.264 e. The summed E-state index contributed by atoms with van der Waals surface area (Å²) in [6, 6.07) is 20.4. The quantitative estimate of drug-likeness (QED) is 0.441. The fourth-order valence-corrected chi connectivity index (χ4v) is 6.43. The predicted octanol–water partition coefficient (Wildman–Crippen LogP) is 3.53. The molecule has 0 fully saturated rings. The molecule has 8 nitrogen and oxygen atoms in total. The lowest BCUT2D eigenvalue weighted by Gasteiger charge is -2.21. The number of rotatable bonds is 9. The third kappa shape index (κ3) is 6.07. The van der Waals surface area contributed by atoms with Gasteiger partial charge in [-0.3, -0.25) is 9.10 Å². The monoisotopic (exact) mass is 547 g/mol. The summed E-state index contributed by atoms with van der Waals surface area (Å²) in [5, 5.41) is 3.15. The van der Waals surface area contributed by atoms with Crippen molar-refractivity contribution in [3.05, 3.63) is 88.9 Å². The van der Waals surface area contributed by atoms with Crippen molar-refractivity contribution in [3.8, 4) is 0 Å². The van der Waals surface area contributed by atoms with Crippen LogP contribution in [-0.2, 0) is 37.7 Å². The molecule has 0 unspecified atom stereocenters. The van der Waals surface area contributed by atoms with E-state index in [1.165, 1.54) is 28.6 Å². The molecular weight excluding hydrogens is 522 g/mol. The lowest BCUT2D eigenvalue weighted by Crippen LogP contribution is -2.38. The van der Waals surface area contributed by atoms with E-state index < -0.39 is 26.0 Å². The van der Waals surface area contributed by atoms with Crippen molar-refractivity contribution in [2.45, 2.75) is 17.7 Å². The van der Waals surface area contributed by atoms with Crippen LogP contribution >= 0.6 is 11.6 Å². The average Bonchev–Trinajstić information content (AvgIpc) is 3.26. The smallest absolute Gasteiger partial charge is 0.264 e. The van der Waals surface area contributed by atoms with Crippen LogP contribution in [0.4, 0.5) is 11.4 Å². The molecule has 0 radical (unpaired) electrons. The zero-order chi connectivity index (χ0) is 25.9. The molecule has 0 saturated carbocycles. The molecule has 0 bridgehead atoms. The molecular formula is C25H26ClN3O5S2. The van der Waals surface area contributed by atoms with Crippen LogP contribution in [0.2, 0.25) is 5.02 Å². The Labute approximate surface area is 216 Å². The van der Waals surface area contributed by atoms with E-state index in [1.807, 2.05) is 30.3 Å². The number of amides is 1. The minimum Gasteiger partial charge on any atom is -0.325 e. The van der Waals surface area contributed by atoms with Crippen molar-refractivity contribution in [2.75, 3.05) is 35.5 Å². The number of carbonyl (C=O) groups excluding carboxylic acids is 1. The van der Waals surface area contributed by atoms with Crippen LogP contribution < -0.4 is 9.62 Å². The first kappa shape index (κ1) is 26.2. The maximum absolute atomic E-state index is 13.2. The number of benzene rings is 3. The fraction of sp³-hybridized carbons (Fsp3) is 0.240. The Kier molecular flexibility index (Phi) is 7.70. The molecule has 0 spiro atoms. The van der Waals surface area contributed by atoms with Crippen molar-refractivity contribution < 1.29 is 21.6 Å². The molecule has 3 aromatic rings. The number of carbonyl (C=O) groups is 1. The minimum absolute atomic E-state index is 0.122. The van der Waals surface area contributed by atoms with Crippen LogP contribution in [0, 0.1) is 0 Å². The van der Waals surface area contributed by atoms with Crippen molar-refractivity contribution in [3.63, 3.8) is 0 Å². The summed E-state index contributed by atoms with van der Waals surface area (Å²) in [5.74, 6) is -0.515. The molecule has 1 amide bonds. The lowest BCUT2D eigenvalue weighted by atomic mass is 10.1. The Morgan fingerprint density at radius 1 is 1.00 bits per heavy atom. The van der Waals surface area contributed by atoms with E-state index >= 15 is 0 Å². The number of hydrogen-bond donors (Lipinski definition) is 1. The molecule has 1 aliphatic heterocycles.